The summed E-state index contributed by atoms with van der Waals surface area (Å²) < 4.78 is 41.2. The summed E-state index contributed by atoms with van der Waals surface area (Å²) in [7, 11) is 1.27. The maximum Gasteiger partial charge on any atom is 0.410 e. The minimum absolute atomic E-state index is 0.0290. The summed E-state index contributed by atoms with van der Waals surface area (Å²) in [5.41, 5.74) is 2.08. The average Bonchev–Trinajstić information content (AvgIpc) is 3.39. The Morgan fingerprint density at radius 2 is 1.88 bits per heavy atom. The van der Waals surface area contributed by atoms with E-state index >= 15 is 0 Å². The van der Waals surface area contributed by atoms with Crippen LogP contribution in [0.25, 0.3) is 16.9 Å². The Labute approximate surface area is 248 Å². The second-order valence-electron chi connectivity index (χ2n) is 11.4. The molecule has 0 bridgehead atoms. The van der Waals surface area contributed by atoms with E-state index in [0.29, 0.717) is 41.5 Å². The fourth-order valence-electron chi connectivity index (χ4n) is 5.08. The van der Waals surface area contributed by atoms with Gasteiger partial charge in [-0.25, -0.2) is 19.2 Å². The van der Waals surface area contributed by atoms with Crippen molar-refractivity contribution >= 4 is 29.2 Å². The highest BCUT2D eigenvalue weighted by molar-refractivity contribution is 5.96. The molecule has 1 unspecified atom stereocenters. The van der Waals surface area contributed by atoms with Crippen LogP contribution in [0.15, 0.2) is 48.9 Å². The van der Waals surface area contributed by atoms with Crippen LogP contribution in [-0.4, -0.2) is 63.1 Å². The number of nitrogens with zero attached hydrogens (tertiary/aromatic N) is 4. The Bertz CT molecular complexity index is 1680. The molecule has 0 spiro atoms. The number of carbonyl (C=O) groups excluding carboxylic acids is 2. The van der Waals surface area contributed by atoms with Crippen LogP contribution in [0.2, 0.25) is 0 Å². The molecule has 0 aliphatic carbocycles. The molecule has 3 heterocycles. The highest BCUT2D eigenvalue weighted by Crippen LogP contribution is 2.31. The molecule has 2 amide bonds. The van der Waals surface area contributed by atoms with Gasteiger partial charge < -0.3 is 25.0 Å². The van der Waals surface area contributed by atoms with E-state index in [1.807, 2.05) is 33.8 Å². The molecular weight excluding hydrogens is 558 g/mol. The van der Waals surface area contributed by atoms with Crippen molar-refractivity contribution in [1.82, 2.24) is 24.6 Å². The third kappa shape index (κ3) is 6.37. The number of aryl methyl sites for hydroxylation is 1. The van der Waals surface area contributed by atoms with E-state index in [1.165, 1.54) is 31.6 Å². The first-order valence-corrected chi connectivity index (χ1v) is 14.0. The molecule has 1 aliphatic heterocycles. The van der Waals surface area contributed by atoms with Crippen molar-refractivity contribution in [2.45, 2.75) is 52.2 Å². The number of anilines is 2. The average molecular weight is 593 g/mol. The van der Waals surface area contributed by atoms with Gasteiger partial charge in [-0.3, -0.25) is 9.20 Å². The lowest BCUT2D eigenvalue weighted by Crippen LogP contribution is -2.50. The minimum atomic E-state index is -1.08. The number of fused-ring (bicyclic) bond motifs is 1. The van der Waals surface area contributed by atoms with Crippen molar-refractivity contribution < 1.29 is 27.8 Å². The first kappa shape index (κ1) is 29.7. The number of imidazole rings is 1. The summed E-state index contributed by atoms with van der Waals surface area (Å²) in [6.45, 7) is 8.27. The first-order valence-electron chi connectivity index (χ1n) is 14.0. The van der Waals surface area contributed by atoms with E-state index in [0.717, 1.165) is 18.4 Å². The number of hydrogen-bond acceptors (Lipinski definition) is 7. The van der Waals surface area contributed by atoms with Crippen LogP contribution in [0, 0.1) is 18.6 Å². The maximum atomic E-state index is 14.8. The van der Waals surface area contributed by atoms with E-state index in [-0.39, 0.29) is 29.4 Å². The van der Waals surface area contributed by atoms with Gasteiger partial charge >= 0.3 is 6.09 Å². The summed E-state index contributed by atoms with van der Waals surface area (Å²) >= 11 is 0. The summed E-state index contributed by atoms with van der Waals surface area (Å²) in [4.78, 5) is 36.1. The quantitative estimate of drug-likeness (QED) is 0.288. The monoisotopic (exact) mass is 592 g/mol. The van der Waals surface area contributed by atoms with Gasteiger partial charge in [-0.1, -0.05) is 0 Å². The third-order valence-corrected chi connectivity index (χ3v) is 7.11. The number of hydrogen-bond donors (Lipinski definition) is 2. The fourth-order valence-corrected chi connectivity index (χ4v) is 5.08. The summed E-state index contributed by atoms with van der Waals surface area (Å²) in [6, 6.07) is 7.89. The number of piperidine rings is 1. The lowest BCUT2D eigenvalue weighted by atomic mass is 10.0. The van der Waals surface area contributed by atoms with Gasteiger partial charge in [0, 0.05) is 48.3 Å². The van der Waals surface area contributed by atoms with Crippen LogP contribution in [0.5, 0.6) is 5.75 Å². The van der Waals surface area contributed by atoms with Gasteiger partial charge in [0.15, 0.2) is 23.0 Å². The van der Waals surface area contributed by atoms with E-state index in [2.05, 4.69) is 20.6 Å². The van der Waals surface area contributed by atoms with Crippen molar-refractivity contribution in [3.05, 3.63) is 71.7 Å². The molecule has 10 nitrogen and oxygen atoms in total. The number of aromatic nitrogens is 3. The van der Waals surface area contributed by atoms with Crippen LogP contribution in [0.4, 0.5) is 25.1 Å². The van der Waals surface area contributed by atoms with Crippen molar-refractivity contribution in [3.63, 3.8) is 0 Å². The molecule has 2 N–H and O–H groups in total. The Morgan fingerprint density at radius 1 is 1.09 bits per heavy atom. The smallest absolute Gasteiger partial charge is 0.410 e. The first-order chi connectivity index (χ1) is 20.4. The van der Waals surface area contributed by atoms with Crippen molar-refractivity contribution in [3.8, 4) is 17.0 Å². The highest BCUT2D eigenvalue weighted by atomic mass is 19.2. The van der Waals surface area contributed by atoms with Gasteiger partial charge in [0.05, 0.1) is 19.0 Å². The second kappa shape index (κ2) is 11.9. The zero-order valence-electron chi connectivity index (χ0n) is 24.7. The zero-order valence-corrected chi connectivity index (χ0v) is 24.7. The van der Waals surface area contributed by atoms with E-state index in [9.17, 15) is 18.4 Å². The van der Waals surface area contributed by atoms with Gasteiger partial charge in [-0.05, 0) is 76.4 Å². The molecular formula is C31H34F2N6O4. The molecule has 2 aromatic carbocycles. The number of carbonyl (C=O) groups is 2. The normalized spacial score (nSPS) is 15.3. The fraction of sp³-hybridized carbons (Fsp3) is 0.355. The summed E-state index contributed by atoms with van der Waals surface area (Å²) in [5, 5.41) is 6.26. The third-order valence-electron chi connectivity index (χ3n) is 7.11. The summed E-state index contributed by atoms with van der Waals surface area (Å²) in [6.07, 6.45) is 5.72. The highest BCUT2D eigenvalue weighted by Gasteiger charge is 2.29. The van der Waals surface area contributed by atoms with E-state index < -0.39 is 17.2 Å². The molecule has 0 saturated carbocycles. The molecule has 5 rings (SSSR count). The largest absolute Gasteiger partial charge is 0.494 e. The molecule has 1 aliphatic rings. The lowest BCUT2D eigenvalue weighted by Gasteiger charge is -2.34. The number of methoxy groups -OCH3 is 1. The lowest BCUT2D eigenvalue weighted by molar-refractivity contribution is 0.0185. The maximum absolute atomic E-state index is 14.8. The minimum Gasteiger partial charge on any atom is -0.494 e. The zero-order chi connectivity index (χ0) is 30.9. The standard InChI is InChI=1S/C31H34F2N6O4/c1-18-15-19(8-9-21(18)29(40)37-20-7-6-13-38(17-20)30(41)43-31(2,3)4)36-27-28-35-16-23(39(28)14-12-34-27)22-10-11-24(42-5)26(33)25(22)32/h8-12,14-16,20H,6-7,13,17H2,1-5H3,(H,34,36)(H,37,40). The SMILES string of the molecule is COc1ccc(-c2cnc3c(Nc4ccc(C(=O)NC5CCCN(C(=O)OC(C)(C)C)C5)c(C)c4)nccn23)c(F)c1F. The molecule has 226 valence electrons. The number of ether oxygens (including phenoxy) is 2. The molecule has 1 atom stereocenters. The van der Waals surface area contributed by atoms with Crippen molar-refractivity contribution in [2.75, 3.05) is 25.5 Å². The second-order valence-corrected chi connectivity index (χ2v) is 11.4. The van der Waals surface area contributed by atoms with Gasteiger partial charge in [0.2, 0.25) is 5.82 Å². The van der Waals surface area contributed by atoms with Gasteiger partial charge in [0.1, 0.15) is 5.60 Å². The number of benzene rings is 2. The van der Waals surface area contributed by atoms with Crippen LogP contribution >= 0.6 is 0 Å². The van der Waals surface area contributed by atoms with Gasteiger partial charge in [-0.15, -0.1) is 0 Å². The van der Waals surface area contributed by atoms with Gasteiger partial charge in [0.25, 0.3) is 5.91 Å². The molecule has 1 saturated heterocycles. The molecule has 4 aromatic rings. The topological polar surface area (TPSA) is 110 Å². The van der Waals surface area contributed by atoms with E-state index in [1.54, 1.807) is 27.6 Å². The number of rotatable bonds is 6. The molecule has 2 aromatic heterocycles. The molecule has 12 heteroatoms. The predicted octanol–water partition coefficient (Wildman–Crippen LogP) is 5.86. The van der Waals surface area contributed by atoms with Crippen molar-refractivity contribution in [2.24, 2.45) is 0 Å². The van der Waals surface area contributed by atoms with Crippen LogP contribution in [0.1, 0.15) is 49.5 Å². The number of nitrogens with one attached hydrogen (secondary N) is 2. The summed E-state index contributed by atoms with van der Waals surface area (Å²) in [5.74, 6) is -2.14. The number of amides is 2. The van der Waals surface area contributed by atoms with Crippen LogP contribution < -0.4 is 15.4 Å². The van der Waals surface area contributed by atoms with E-state index in [4.69, 9.17) is 9.47 Å². The Kier molecular flexibility index (Phi) is 8.21. The molecule has 1 fully saturated rings. The van der Waals surface area contributed by atoms with Crippen LogP contribution in [0.3, 0.4) is 0 Å². The number of likely N-dealkylation sites (tertiary alicyclic amines) is 1. The molecule has 43 heavy (non-hydrogen) atoms. The Balaban J connectivity index is 1.30. The Hall–Kier alpha value is -4.74. The predicted molar refractivity (Wildman–Crippen MR) is 158 cm³/mol. The van der Waals surface area contributed by atoms with Crippen LogP contribution in [-0.2, 0) is 4.74 Å². The van der Waals surface area contributed by atoms with Crippen molar-refractivity contribution in [1.29, 1.82) is 0 Å². The molecule has 0 radical (unpaired) electrons. The Morgan fingerprint density at radius 3 is 2.60 bits per heavy atom. The van der Waals surface area contributed by atoms with Gasteiger partial charge in [-0.2, -0.15) is 4.39 Å². The number of halogens is 2.